The molecule has 184 valence electrons. The van der Waals surface area contributed by atoms with Crippen molar-refractivity contribution in [2.24, 2.45) is 5.92 Å². The summed E-state index contributed by atoms with van der Waals surface area (Å²) in [5.74, 6) is -0.0812. The summed E-state index contributed by atoms with van der Waals surface area (Å²) >= 11 is 0. The molecule has 1 aromatic heterocycles. The summed E-state index contributed by atoms with van der Waals surface area (Å²) in [6.45, 7) is 5.04. The summed E-state index contributed by atoms with van der Waals surface area (Å²) in [7, 11) is 0. The average molecular weight is 477 g/mol. The molecule has 5 rings (SSSR count). The Morgan fingerprint density at radius 3 is 2.54 bits per heavy atom. The Morgan fingerprint density at radius 1 is 1.03 bits per heavy atom. The number of benzene rings is 2. The molecule has 0 saturated carbocycles. The van der Waals surface area contributed by atoms with Gasteiger partial charge in [-0.2, -0.15) is 5.10 Å². The Balaban J connectivity index is 1.22. The molecule has 0 radical (unpaired) electrons. The van der Waals surface area contributed by atoms with Gasteiger partial charge in [-0.25, -0.2) is 9.49 Å². The third kappa shape index (κ3) is 5.45. The highest BCUT2D eigenvalue weighted by Crippen LogP contribution is 2.25. The van der Waals surface area contributed by atoms with Crippen LogP contribution in [-0.2, 0) is 6.42 Å². The van der Waals surface area contributed by atoms with Crippen LogP contribution in [0.25, 0.3) is 10.8 Å². The maximum atomic E-state index is 14.7. The Morgan fingerprint density at radius 2 is 1.77 bits per heavy atom. The fraction of sp³-hybridized carbons (Fsp3) is 0.464. The minimum Gasteiger partial charge on any atom is -0.339 e. The van der Waals surface area contributed by atoms with Crippen molar-refractivity contribution in [1.29, 1.82) is 0 Å². The third-order valence-electron chi connectivity index (χ3n) is 7.59. The van der Waals surface area contributed by atoms with Gasteiger partial charge in [-0.1, -0.05) is 24.3 Å². The normalized spacial score (nSPS) is 17.3. The van der Waals surface area contributed by atoms with Crippen molar-refractivity contribution in [3.8, 4) is 0 Å². The smallest absolute Gasteiger partial charge is 0.272 e. The molecule has 1 amide bonds. The Bertz CT molecular complexity index is 1240. The molecule has 2 aliphatic heterocycles. The highest BCUT2D eigenvalue weighted by atomic mass is 19.1. The summed E-state index contributed by atoms with van der Waals surface area (Å²) < 4.78 is 14.7. The van der Waals surface area contributed by atoms with E-state index in [0.29, 0.717) is 36.5 Å². The van der Waals surface area contributed by atoms with Crippen LogP contribution in [-0.4, -0.2) is 58.6 Å². The number of carbonyl (C=O) groups excluding carboxylic acids is 1. The number of amides is 1. The maximum absolute atomic E-state index is 14.7. The second-order valence-corrected chi connectivity index (χ2v) is 9.96. The number of nitrogens with zero attached hydrogens (tertiary/aromatic N) is 3. The summed E-state index contributed by atoms with van der Waals surface area (Å²) in [6, 6.07) is 12.0. The molecule has 0 unspecified atom stereocenters. The zero-order valence-electron chi connectivity index (χ0n) is 20.1. The molecule has 2 aliphatic rings. The Hall–Kier alpha value is -3.06. The number of piperidine rings is 1. The summed E-state index contributed by atoms with van der Waals surface area (Å²) in [5.41, 5.74) is 1.36. The van der Waals surface area contributed by atoms with Crippen LogP contribution in [0.3, 0.4) is 0 Å². The monoisotopic (exact) mass is 476 g/mol. The SMILES string of the molecule is O=C(c1cc(Cc2n[nH]c(=O)c3ccccc23)ccc1F)N1CCC(CCCN2CCCC2)CC1. The van der Waals surface area contributed by atoms with Gasteiger partial charge in [0.2, 0.25) is 0 Å². The topological polar surface area (TPSA) is 69.3 Å². The Labute approximate surface area is 205 Å². The van der Waals surface area contributed by atoms with Crippen LogP contribution < -0.4 is 5.56 Å². The van der Waals surface area contributed by atoms with Gasteiger partial charge in [-0.05, 0) is 87.8 Å². The van der Waals surface area contributed by atoms with Gasteiger partial charge in [0.05, 0.1) is 16.6 Å². The zero-order valence-corrected chi connectivity index (χ0v) is 20.1. The van der Waals surface area contributed by atoms with Crippen molar-refractivity contribution in [3.63, 3.8) is 0 Å². The van der Waals surface area contributed by atoms with Crippen molar-refractivity contribution in [2.45, 2.75) is 44.9 Å². The first-order valence-corrected chi connectivity index (χ1v) is 12.8. The lowest BCUT2D eigenvalue weighted by atomic mass is 9.91. The van der Waals surface area contributed by atoms with E-state index in [2.05, 4.69) is 15.1 Å². The highest BCUT2D eigenvalue weighted by molar-refractivity contribution is 5.94. The summed E-state index contributed by atoms with van der Waals surface area (Å²) in [5, 5.41) is 8.09. The van der Waals surface area contributed by atoms with E-state index in [1.54, 1.807) is 23.1 Å². The van der Waals surface area contributed by atoms with Crippen LogP contribution in [0.1, 0.15) is 60.1 Å². The molecule has 2 aromatic carbocycles. The molecule has 3 aromatic rings. The molecule has 2 saturated heterocycles. The van der Waals surface area contributed by atoms with Crippen LogP contribution in [0.4, 0.5) is 4.39 Å². The molecule has 2 fully saturated rings. The van der Waals surface area contributed by atoms with Gasteiger partial charge in [0.1, 0.15) is 5.82 Å². The standard InChI is InChI=1S/C28H33FN4O2/c29-25-10-9-21(19-26-22-7-1-2-8-23(22)27(34)31-30-26)18-24(25)28(35)33-16-11-20(12-17-33)6-5-15-32-13-3-4-14-32/h1-2,7-10,18,20H,3-6,11-17,19H2,(H,31,34). The summed E-state index contributed by atoms with van der Waals surface area (Å²) in [4.78, 5) is 29.6. The number of rotatable bonds is 7. The molecule has 0 bridgehead atoms. The van der Waals surface area contributed by atoms with E-state index >= 15 is 0 Å². The fourth-order valence-electron chi connectivity index (χ4n) is 5.55. The van der Waals surface area contributed by atoms with Gasteiger partial charge in [0, 0.05) is 24.9 Å². The number of H-pyrrole nitrogens is 1. The average Bonchev–Trinajstić information content (AvgIpc) is 3.41. The van der Waals surface area contributed by atoms with Crippen molar-refractivity contribution in [1.82, 2.24) is 20.0 Å². The van der Waals surface area contributed by atoms with E-state index in [1.807, 2.05) is 18.2 Å². The molecular formula is C28H33FN4O2. The van der Waals surface area contributed by atoms with Crippen LogP contribution in [0.2, 0.25) is 0 Å². The molecule has 0 spiro atoms. The van der Waals surface area contributed by atoms with Crippen molar-refractivity contribution in [3.05, 3.63) is 75.5 Å². The number of aromatic amines is 1. The first-order chi connectivity index (χ1) is 17.1. The maximum Gasteiger partial charge on any atom is 0.272 e. The first kappa shape index (κ1) is 23.7. The molecular weight excluding hydrogens is 443 g/mol. The number of aromatic nitrogens is 2. The predicted octanol–water partition coefficient (Wildman–Crippen LogP) is 4.38. The lowest BCUT2D eigenvalue weighted by molar-refractivity contribution is 0.0680. The second kappa shape index (κ2) is 10.7. The van der Waals surface area contributed by atoms with E-state index in [0.717, 1.165) is 23.8 Å². The van der Waals surface area contributed by atoms with Gasteiger partial charge < -0.3 is 9.80 Å². The summed E-state index contributed by atoms with van der Waals surface area (Å²) in [6.07, 6.45) is 7.47. The molecule has 6 nitrogen and oxygen atoms in total. The number of fused-ring (bicyclic) bond motifs is 1. The van der Waals surface area contributed by atoms with Crippen LogP contribution >= 0.6 is 0 Å². The third-order valence-corrected chi connectivity index (χ3v) is 7.59. The van der Waals surface area contributed by atoms with Crippen LogP contribution in [0.5, 0.6) is 0 Å². The van der Waals surface area contributed by atoms with Gasteiger partial charge in [0.25, 0.3) is 11.5 Å². The van der Waals surface area contributed by atoms with Crippen LogP contribution in [0.15, 0.2) is 47.3 Å². The number of hydrogen-bond acceptors (Lipinski definition) is 4. The van der Waals surface area contributed by atoms with Crippen LogP contribution in [0, 0.1) is 11.7 Å². The number of nitrogens with one attached hydrogen (secondary N) is 1. The van der Waals surface area contributed by atoms with Gasteiger partial charge in [-0.15, -0.1) is 0 Å². The van der Waals surface area contributed by atoms with E-state index in [9.17, 15) is 14.0 Å². The number of halogens is 1. The van der Waals surface area contributed by atoms with E-state index in [-0.39, 0.29) is 17.0 Å². The van der Waals surface area contributed by atoms with Crippen molar-refractivity contribution >= 4 is 16.7 Å². The van der Waals surface area contributed by atoms with Crippen molar-refractivity contribution < 1.29 is 9.18 Å². The number of carbonyl (C=O) groups is 1. The molecule has 0 atom stereocenters. The molecule has 7 heteroatoms. The largest absolute Gasteiger partial charge is 0.339 e. The lowest BCUT2D eigenvalue weighted by Gasteiger charge is -2.32. The first-order valence-electron chi connectivity index (χ1n) is 12.8. The minimum absolute atomic E-state index is 0.115. The molecule has 3 heterocycles. The zero-order chi connectivity index (χ0) is 24.2. The molecule has 35 heavy (non-hydrogen) atoms. The second-order valence-electron chi connectivity index (χ2n) is 9.96. The number of hydrogen-bond donors (Lipinski definition) is 1. The predicted molar refractivity (Wildman–Crippen MR) is 135 cm³/mol. The Kier molecular flexibility index (Phi) is 7.23. The van der Waals surface area contributed by atoms with E-state index in [1.165, 1.54) is 51.4 Å². The number of likely N-dealkylation sites (tertiary alicyclic amines) is 2. The van der Waals surface area contributed by atoms with E-state index in [4.69, 9.17) is 0 Å². The minimum atomic E-state index is -0.495. The highest BCUT2D eigenvalue weighted by Gasteiger charge is 2.26. The quantitative estimate of drug-likeness (QED) is 0.550. The van der Waals surface area contributed by atoms with Gasteiger partial charge >= 0.3 is 0 Å². The lowest BCUT2D eigenvalue weighted by Crippen LogP contribution is -2.39. The molecule has 0 aliphatic carbocycles. The molecule has 1 N–H and O–H groups in total. The van der Waals surface area contributed by atoms with Gasteiger partial charge in [0.15, 0.2) is 0 Å². The fourth-order valence-corrected chi connectivity index (χ4v) is 5.55. The van der Waals surface area contributed by atoms with Crippen molar-refractivity contribution in [2.75, 3.05) is 32.7 Å². The van der Waals surface area contributed by atoms with Gasteiger partial charge in [-0.3, -0.25) is 9.59 Å². The van der Waals surface area contributed by atoms with E-state index < -0.39 is 5.82 Å².